The molecule has 6 nitrogen and oxygen atoms in total. The zero-order chi connectivity index (χ0) is 23.1. The smallest absolute Gasteiger partial charge is 0.254 e. The zero-order valence-electron chi connectivity index (χ0n) is 19.7. The maximum absolute atomic E-state index is 13.6. The number of carbonyl (C=O) groups is 1. The van der Waals surface area contributed by atoms with Crippen molar-refractivity contribution in [3.8, 4) is 11.3 Å². The minimum Gasteiger partial charge on any atom is -0.385 e. The van der Waals surface area contributed by atoms with Crippen molar-refractivity contribution in [2.24, 2.45) is 0 Å². The Balaban J connectivity index is 2.03. The number of aromatic nitrogens is 1. The fourth-order valence-corrected chi connectivity index (χ4v) is 3.60. The SMILES string of the molecule is COCCCN(Cc1c(-c2ccccc2)noc1N(C)C(C)C)C(=O)c1ccccc1C. The number of rotatable bonds is 10. The predicted octanol–water partition coefficient (Wildman–Crippen LogP) is 5.17. The summed E-state index contributed by atoms with van der Waals surface area (Å²) in [5.74, 6) is 0.686. The zero-order valence-corrected chi connectivity index (χ0v) is 19.7. The molecule has 0 radical (unpaired) electrons. The minimum atomic E-state index is -0.00225. The highest BCUT2D eigenvalue weighted by molar-refractivity contribution is 5.95. The van der Waals surface area contributed by atoms with Gasteiger partial charge in [-0.1, -0.05) is 53.7 Å². The lowest BCUT2D eigenvalue weighted by molar-refractivity contribution is 0.0723. The van der Waals surface area contributed by atoms with Gasteiger partial charge in [-0.15, -0.1) is 0 Å². The number of amides is 1. The van der Waals surface area contributed by atoms with Crippen molar-refractivity contribution in [1.29, 1.82) is 0 Å². The largest absolute Gasteiger partial charge is 0.385 e. The van der Waals surface area contributed by atoms with Crippen molar-refractivity contribution in [1.82, 2.24) is 10.1 Å². The summed E-state index contributed by atoms with van der Waals surface area (Å²) in [5.41, 5.74) is 4.31. The number of methoxy groups -OCH3 is 1. The summed E-state index contributed by atoms with van der Waals surface area (Å²) in [6.45, 7) is 7.73. The summed E-state index contributed by atoms with van der Waals surface area (Å²) < 4.78 is 11.1. The van der Waals surface area contributed by atoms with Crippen LogP contribution in [-0.4, -0.2) is 49.3 Å². The summed E-state index contributed by atoms with van der Waals surface area (Å²) >= 11 is 0. The summed E-state index contributed by atoms with van der Waals surface area (Å²) in [4.78, 5) is 17.5. The molecular weight excluding hydrogens is 402 g/mol. The molecule has 0 spiro atoms. The van der Waals surface area contributed by atoms with E-state index in [1.54, 1.807) is 7.11 Å². The number of hydrogen-bond donors (Lipinski definition) is 0. The Morgan fingerprint density at radius 1 is 1.09 bits per heavy atom. The molecule has 3 rings (SSSR count). The number of benzene rings is 2. The molecule has 0 aliphatic heterocycles. The van der Waals surface area contributed by atoms with Crippen molar-refractivity contribution in [3.63, 3.8) is 0 Å². The van der Waals surface area contributed by atoms with E-state index in [1.165, 1.54) is 0 Å². The Hall–Kier alpha value is -3.12. The Morgan fingerprint density at radius 3 is 2.44 bits per heavy atom. The molecule has 0 unspecified atom stereocenters. The van der Waals surface area contributed by atoms with E-state index in [0.717, 1.165) is 28.8 Å². The molecule has 0 saturated heterocycles. The van der Waals surface area contributed by atoms with Crippen molar-refractivity contribution in [2.45, 2.75) is 39.8 Å². The molecule has 32 heavy (non-hydrogen) atoms. The van der Waals surface area contributed by atoms with Crippen LogP contribution in [0.3, 0.4) is 0 Å². The number of anilines is 1. The summed E-state index contributed by atoms with van der Waals surface area (Å²) in [6, 6.07) is 17.9. The molecule has 0 N–H and O–H groups in total. The van der Waals surface area contributed by atoms with E-state index >= 15 is 0 Å². The second-order valence-corrected chi connectivity index (χ2v) is 8.27. The molecule has 0 atom stereocenters. The summed E-state index contributed by atoms with van der Waals surface area (Å²) in [5, 5.41) is 4.41. The van der Waals surface area contributed by atoms with Crippen molar-refractivity contribution in [2.75, 3.05) is 32.2 Å². The first-order valence-electron chi connectivity index (χ1n) is 11.0. The number of carbonyl (C=O) groups excluding carboxylic acids is 1. The van der Waals surface area contributed by atoms with Crippen LogP contribution in [0, 0.1) is 6.92 Å². The van der Waals surface area contributed by atoms with Crippen LogP contribution in [0.4, 0.5) is 5.88 Å². The second kappa shape index (κ2) is 11.0. The van der Waals surface area contributed by atoms with Gasteiger partial charge in [-0.25, -0.2) is 0 Å². The van der Waals surface area contributed by atoms with Gasteiger partial charge in [0, 0.05) is 44.5 Å². The fraction of sp³-hybridized carbons (Fsp3) is 0.385. The van der Waals surface area contributed by atoms with Gasteiger partial charge in [-0.3, -0.25) is 4.79 Å². The quantitative estimate of drug-likeness (QED) is 0.411. The van der Waals surface area contributed by atoms with Crippen molar-refractivity contribution >= 4 is 11.8 Å². The maximum Gasteiger partial charge on any atom is 0.254 e. The number of nitrogens with zero attached hydrogens (tertiary/aromatic N) is 3. The first-order chi connectivity index (χ1) is 15.4. The van der Waals surface area contributed by atoms with Gasteiger partial charge in [0.25, 0.3) is 5.91 Å². The fourth-order valence-electron chi connectivity index (χ4n) is 3.60. The average Bonchev–Trinajstić information content (AvgIpc) is 3.21. The van der Waals surface area contributed by atoms with E-state index in [2.05, 4.69) is 23.9 Å². The van der Waals surface area contributed by atoms with Gasteiger partial charge in [-0.2, -0.15) is 0 Å². The average molecular weight is 436 g/mol. The van der Waals surface area contributed by atoms with Crippen LogP contribution in [-0.2, 0) is 11.3 Å². The van der Waals surface area contributed by atoms with E-state index < -0.39 is 0 Å². The number of hydrogen-bond acceptors (Lipinski definition) is 5. The highest BCUT2D eigenvalue weighted by Gasteiger charge is 2.26. The summed E-state index contributed by atoms with van der Waals surface area (Å²) in [7, 11) is 3.67. The first kappa shape index (κ1) is 23.5. The predicted molar refractivity (Wildman–Crippen MR) is 128 cm³/mol. The van der Waals surface area contributed by atoms with Gasteiger partial charge in [0.2, 0.25) is 5.88 Å². The Bertz CT molecular complexity index is 1010. The maximum atomic E-state index is 13.6. The molecule has 0 aliphatic rings. The standard InChI is InChI=1S/C26H33N3O3/c1-19(2)28(4)26-23(24(27-32-26)21-13-7-6-8-14-21)18-29(16-11-17-31-5)25(30)22-15-10-9-12-20(22)3/h6-10,12-15,19H,11,16-18H2,1-5H3. The molecule has 0 saturated carbocycles. The molecule has 0 bridgehead atoms. The van der Waals surface area contributed by atoms with Gasteiger partial charge >= 0.3 is 0 Å². The number of aryl methyl sites for hydroxylation is 1. The first-order valence-corrected chi connectivity index (χ1v) is 11.0. The molecule has 1 heterocycles. The van der Waals surface area contributed by atoms with E-state index in [9.17, 15) is 4.79 Å². The van der Waals surface area contributed by atoms with Gasteiger partial charge in [0.15, 0.2) is 0 Å². The second-order valence-electron chi connectivity index (χ2n) is 8.27. The highest BCUT2D eigenvalue weighted by atomic mass is 16.5. The lowest BCUT2D eigenvalue weighted by Gasteiger charge is -2.26. The Labute approximate surface area is 190 Å². The van der Waals surface area contributed by atoms with E-state index in [4.69, 9.17) is 9.26 Å². The molecule has 0 fully saturated rings. The van der Waals surface area contributed by atoms with Gasteiger partial charge < -0.3 is 19.1 Å². The van der Waals surface area contributed by atoms with Crippen LogP contribution >= 0.6 is 0 Å². The lowest BCUT2D eigenvalue weighted by Crippen LogP contribution is -2.34. The molecule has 1 amide bonds. The highest BCUT2D eigenvalue weighted by Crippen LogP contribution is 2.33. The lowest BCUT2D eigenvalue weighted by atomic mass is 10.0. The molecule has 2 aromatic carbocycles. The van der Waals surface area contributed by atoms with Crippen LogP contribution in [0.25, 0.3) is 11.3 Å². The van der Waals surface area contributed by atoms with E-state index in [-0.39, 0.29) is 11.9 Å². The molecule has 0 aliphatic carbocycles. The van der Waals surface area contributed by atoms with E-state index in [0.29, 0.717) is 31.1 Å². The van der Waals surface area contributed by atoms with Crippen molar-refractivity contribution in [3.05, 3.63) is 71.3 Å². The monoisotopic (exact) mass is 435 g/mol. The third-order valence-electron chi connectivity index (χ3n) is 5.70. The third-order valence-corrected chi connectivity index (χ3v) is 5.70. The summed E-state index contributed by atoms with van der Waals surface area (Å²) in [6.07, 6.45) is 0.745. The third kappa shape index (κ3) is 5.37. The Kier molecular flexibility index (Phi) is 8.06. The van der Waals surface area contributed by atoms with Gasteiger partial charge in [0.1, 0.15) is 5.69 Å². The van der Waals surface area contributed by atoms with Gasteiger partial charge in [-0.05, 0) is 38.8 Å². The van der Waals surface area contributed by atoms with Crippen LogP contribution in [0.2, 0.25) is 0 Å². The Morgan fingerprint density at radius 2 is 1.78 bits per heavy atom. The molecular formula is C26H33N3O3. The molecule has 6 heteroatoms. The minimum absolute atomic E-state index is 0.00225. The van der Waals surface area contributed by atoms with Gasteiger partial charge in [0.05, 0.1) is 12.1 Å². The van der Waals surface area contributed by atoms with Crippen LogP contribution in [0.5, 0.6) is 0 Å². The van der Waals surface area contributed by atoms with Crippen LogP contribution in [0.1, 0.15) is 41.8 Å². The number of ether oxygens (including phenoxy) is 1. The van der Waals surface area contributed by atoms with Crippen LogP contribution < -0.4 is 4.90 Å². The molecule has 1 aromatic heterocycles. The van der Waals surface area contributed by atoms with Crippen LogP contribution in [0.15, 0.2) is 59.1 Å². The van der Waals surface area contributed by atoms with Crippen molar-refractivity contribution < 1.29 is 14.1 Å². The van der Waals surface area contributed by atoms with E-state index in [1.807, 2.05) is 73.5 Å². The molecule has 170 valence electrons. The topological polar surface area (TPSA) is 58.8 Å². The molecule has 3 aromatic rings. The normalized spacial score (nSPS) is 11.1.